The third-order valence-electron chi connectivity index (χ3n) is 5.06. The van der Waals surface area contributed by atoms with E-state index >= 15 is 0 Å². The van der Waals surface area contributed by atoms with E-state index in [0.29, 0.717) is 16.6 Å². The molecule has 0 fully saturated rings. The van der Waals surface area contributed by atoms with Gasteiger partial charge in [-0.25, -0.2) is 9.48 Å². The van der Waals surface area contributed by atoms with E-state index in [0.717, 1.165) is 11.8 Å². The first-order chi connectivity index (χ1) is 20.1. The molecule has 2 heterocycles. The van der Waals surface area contributed by atoms with Gasteiger partial charge in [-0.05, 0) is 71.1 Å². The molecule has 6 heteroatoms. The lowest BCUT2D eigenvalue weighted by Crippen LogP contribution is -2.22. The Morgan fingerprint density at radius 1 is 0.767 bits per heavy atom. The fourth-order valence-electron chi connectivity index (χ4n) is 3.27. The van der Waals surface area contributed by atoms with Crippen molar-refractivity contribution in [2.75, 3.05) is 0 Å². The molecule has 4 aromatic rings. The molecule has 6 nitrogen and oxygen atoms in total. The van der Waals surface area contributed by atoms with E-state index in [1.807, 2.05) is 97.5 Å². The second kappa shape index (κ2) is 21.4. The maximum absolute atomic E-state index is 11.7. The molecule has 0 aliphatic carbocycles. The van der Waals surface area contributed by atoms with E-state index in [1.165, 1.54) is 5.56 Å². The van der Waals surface area contributed by atoms with Crippen LogP contribution >= 0.6 is 0 Å². The summed E-state index contributed by atoms with van der Waals surface area (Å²) in [5, 5.41) is 8.47. The molecule has 242 valence electrons. The summed E-state index contributed by atoms with van der Waals surface area (Å²) in [4.78, 5) is 11.7. The summed E-state index contributed by atoms with van der Waals surface area (Å²) < 4.78 is 12.6. The van der Waals surface area contributed by atoms with E-state index in [-0.39, 0.29) is 23.4 Å². The van der Waals surface area contributed by atoms with Gasteiger partial charge in [-0.15, -0.1) is 5.10 Å². The first kappa shape index (κ1) is 41.9. The minimum atomic E-state index is -0.326. The van der Waals surface area contributed by atoms with E-state index in [9.17, 15) is 4.79 Å². The Hall–Kier alpha value is -3.25. The Morgan fingerprint density at radius 2 is 1.30 bits per heavy atom. The van der Waals surface area contributed by atoms with Crippen LogP contribution in [0.1, 0.15) is 115 Å². The van der Waals surface area contributed by atoms with Gasteiger partial charge in [0.2, 0.25) is 0 Å². The lowest BCUT2D eigenvalue weighted by atomic mass is 9.88. The van der Waals surface area contributed by atoms with Crippen molar-refractivity contribution >= 4 is 11.0 Å². The molecule has 0 bridgehead atoms. The highest BCUT2D eigenvalue weighted by molar-refractivity contribution is 5.76. The van der Waals surface area contributed by atoms with Crippen molar-refractivity contribution in [2.24, 2.45) is 5.41 Å². The fraction of sp³-hybridized carbons (Fsp3) is 0.541. The van der Waals surface area contributed by atoms with Crippen molar-refractivity contribution in [3.05, 3.63) is 94.6 Å². The smallest absolute Gasteiger partial charge is 0.341 e. The highest BCUT2D eigenvalue weighted by Gasteiger charge is 2.13. The van der Waals surface area contributed by atoms with Gasteiger partial charge in [-0.3, -0.25) is 0 Å². The van der Waals surface area contributed by atoms with Crippen LogP contribution in [0.15, 0.2) is 82.3 Å². The molecule has 0 atom stereocenters. The largest absolute Gasteiger partial charge is 0.422 e. The average Bonchev–Trinajstić information content (AvgIpc) is 3.52. The van der Waals surface area contributed by atoms with Crippen molar-refractivity contribution in [1.29, 1.82) is 0 Å². The van der Waals surface area contributed by atoms with Crippen LogP contribution in [-0.4, -0.2) is 20.6 Å². The van der Waals surface area contributed by atoms with Crippen molar-refractivity contribution in [3.8, 4) is 0 Å². The predicted octanol–water partition coefficient (Wildman–Crippen LogP) is 10.5. The summed E-state index contributed by atoms with van der Waals surface area (Å²) >= 11 is 0. The number of hydrogen-bond donors (Lipinski definition) is 0. The average molecular weight is 596 g/mol. The van der Waals surface area contributed by atoms with Gasteiger partial charge in [0.05, 0.1) is 29.5 Å². The van der Waals surface area contributed by atoms with Crippen molar-refractivity contribution in [1.82, 2.24) is 15.0 Å². The van der Waals surface area contributed by atoms with Crippen LogP contribution in [0.5, 0.6) is 0 Å². The topological polar surface area (TPSA) is 70.2 Å². The standard InChI is InChI=1S/C14H16O3.C11H16.C6H11N3.3C2H6/c1-14(2,3)16-9-11-8-10-6-4-5-7-12(10)17-13(11)15;1-11(2,3)9-10-7-5-4-6-8-10;1-6(2,3)9-5-4-7-8-9;3*1-2/h4-8H,9H2,1-3H3;4-8H,9H2,1-3H3;4-5H,1-3H3;3*1-2H3. The molecule has 0 saturated carbocycles. The van der Waals surface area contributed by atoms with Gasteiger partial charge in [-0.2, -0.15) is 0 Å². The number of para-hydroxylation sites is 1. The lowest BCUT2D eigenvalue weighted by Gasteiger charge is -2.19. The molecule has 0 spiro atoms. The van der Waals surface area contributed by atoms with Crippen LogP contribution in [0.2, 0.25) is 0 Å². The molecule has 0 N–H and O–H groups in total. The molecule has 0 radical (unpaired) electrons. The van der Waals surface area contributed by atoms with Crippen LogP contribution in [-0.2, 0) is 23.3 Å². The Kier molecular flexibility index (Phi) is 20.9. The van der Waals surface area contributed by atoms with Gasteiger partial charge in [0, 0.05) is 11.6 Å². The second-order valence-electron chi connectivity index (χ2n) is 12.2. The molecule has 0 unspecified atom stereocenters. The van der Waals surface area contributed by atoms with E-state index in [2.05, 4.69) is 82.2 Å². The predicted molar refractivity (Wildman–Crippen MR) is 186 cm³/mol. The number of rotatable bonds is 3. The Morgan fingerprint density at radius 3 is 1.74 bits per heavy atom. The first-order valence-electron chi connectivity index (χ1n) is 15.7. The summed E-state index contributed by atoms with van der Waals surface area (Å²) in [5.41, 5.74) is 2.47. The molecule has 0 aliphatic heterocycles. The number of ether oxygens (including phenoxy) is 1. The maximum Gasteiger partial charge on any atom is 0.341 e. The summed E-state index contributed by atoms with van der Waals surface area (Å²) in [5.74, 6) is 0. The van der Waals surface area contributed by atoms with Crippen LogP contribution in [0.4, 0.5) is 0 Å². The summed E-state index contributed by atoms with van der Waals surface area (Å²) in [7, 11) is 0. The van der Waals surface area contributed by atoms with E-state index in [1.54, 1.807) is 12.3 Å². The highest BCUT2D eigenvalue weighted by Crippen LogP contribution is 2.20. The number of nitrogens with zero attached hydrogens (tertiary/aromatic N) is 3. The summed E-state index contributed by atoms with van der Waals surface area (Å²) in [6.45, 7) is 31.2. The Bertz CT molecular complexity index is 1260. The molecule has 43 heavy (non-hydrogen) atoms. The first-order valence-corrected chi connectivity index (χ1v) is 15.7. The van der Waals surface area contributed by atoms with Crippen LogP contribution in [0.25, 0.3) is 11.0 Å². The van der Waals surface area contributed by atoms with Crippen LogP contribution in [0.3, 0.4) is 0 Å². The number of hydrogen-bond acceptors (Lipinski definition) is 5. The van der Waals surface area contributed by atoms with Gasteiger partial charge in [0.1, 0.15) is 5.58 Å². The van der Waals surface area contributed by atoms with Gasteiger partial charge in [0.15, 0.2) is 0 Å². The highest BCUT2D eigenvalue weighted by atomic mass is 16.5. The molecular weight excluding hydrogens is 534 g/mol. The third kappa shape index (κ3) is 19.5. The van der Waals surface area contributed by atoms with E-state index in [4.69, 9.17) is 9.15 Å². The molecule has 2 aromatic carbocycles. The molecule has 2 aromatic heterocycles. The van der Waals surface area contributed by atoms with Gasteiger partial charge in [0.25, 0.3) is 0 Å². The maximum atomic E-state index is 11.7. The van der Waals surface area contributed by atoms with E-state index < -0.39 is 0 Å². The van der Waals surface area contributed by atoms with Crippen molar-refractivity contribution in [3.63, 3.8) is 0 Å². The second-order valence-corrected chi connectivity index (χ2v) is 12.2. The third-order valence-corrected chi connectivity index (χ3v) is 5.06. The normalized spacial score (nSPS) is 10.6. The molecule has 0 aliphatic rings. The monoisotopic (exact) mass is 595 g/mol. The Labute approximate surface area is 262 Å². The summed E-state index contributed by atoms with van der Waals surface area (Å²) in [6.07, 6.45) is 4.71. The van der Waals surface area contributed by atoms with Gasteiger partial charge >= 0.3 is 5.63 Å². The zero-order chi connectivity index (χ0) is 33.7. The molecule has 0 saturated heterocycles. The zero-order valence-electron chi connectivity index (χ0n) is 29.9. The quantitative estimate of drug-likeness (QED) is 0.220. The minimum absolute atomic E-state index is 0.0660. The lowest BCUT2D eigenvalue weighted by molar-refractivity contribution is -0.0159. The number of fused-ring (bicyclic) bond motifs is 1. The summed E-state index contributed by atoms with van der Waals surface area (Å²) in [6, 6.07) is 19.9. The minimum Gasteiger partial charge on any atom is -0.422 e. The number of benzene rings is 2. The van der Waals surface area contributed by atoms with Gasteiger partial charge in [-0.1, -0.05) is 116 Å². The molecule has 4 rings (SSSR count). The SMILES string of the molecule is CC.CC.CC.CC(C)(C)Cc1ccccc1.CC(C)(C)OCc1cc2ccccc2oc1=O.CC(C)(C)n1ccnn1. The zero-order valence-corrected chi connectivity index (χ0v) is 29.9. The van der Waals surface area contributed by atoms with Crippen molar-refractivity contribution < 1.29 is 9.15 Å². The van der Waals surface area contributed by atoms with Crippen molar-refractivity contribution in [2.45, 2.75) is 128 Å². The number of aromatic nitrogens is 3. The van der Waals surface area contributed by atoms with Crippen LogP contribution in [0, 0.1) is 5.41 Å². The Balaban J connectivity index is 0. The van der Waals surface area contributed by atoms with Crippen LogP contribution < -0.4 is 5.63 Å². The fourth-order valence-corrected chi connectivity index (χ4v) is 3.27. The molecular formula is C37H61N3O3. The van der Waals surface area contributed by atoms with Gasteiger partial charge < -0.3 is 9.15 Å². The molecule has 0 amide bonds.